The van der Waals surface area contributed by atoms with Gasteiger partial charge < -0.3 is 22.1 Å². The van der Waals surface area contributed by atoms with Crippen molar-refractivity contribution in [2.45, 2.75) is 0 Å². The normalized spacial score (nSPS) is 16.7. The molecule has 1 heterocycles. The van der Waals surface area contributed by atoms with E-state index in [2.05, 4.69) is 10.6 Å². The van der Waals surface area contributed by atoms with E-state index in [0.717, 1.165) is 19.8 Å². The molecule has 9 heavy (non-hydrogen) atoms. The van der Waals surface area contributed by atoms with Crippen molar-refractivity contribution in [1.29, 1.82) is 0 Å². The lowest BCUT2D eigenvalue weighted by Gasteiger charge is -1.77. The first-order valence-electron chi connectivity index (χ1n) is 3.23. The molecule has 0 amide bonds. The Morgan fingerprint density at radius 3 is 1.56 bits per heavy atom. The van der Waals surface area contributed by atoms with Crippen molar-refractivity contribution in [2.75, 3.05) is 32.8 Å². The van der Waals surface area contributed by atoms with Crippen LogP contribution in [0, 0.1) is 0 Å². The Hall–Kier alpha value is -0.160. The lowest BCUT2D eigenvalue weighted by atomic mass is 10.7. The molecule has 0 spiro atoms. The quantitative estimate of drug-likeness (QED) is 0.334. The Morgan fingerprint density at radius 1 is 1.00 bits per heavy atom. The zero-order valence-corrected chi connectivity index (χ0v) is 5.69. The highest BCUT2D eigenvalue weighted by Gasteiger charge is 1.90. The van der Waals surface area contributed by atoms with Crippen LogP contribution >= 0.6 is 0 Å². The predicted octanol–water partition coefficient (Wildman–Crippen LogP) is -1.96. The van der Waals surface area contributed by atoms with Gasteiger partial charge in [-0.15, -0.1) is 0 Å². The second kappa shape index (κ2) is 7.84. The highest BCUT2D eigenvalue weighted by atomic mass is 15.1. The van der Waals surface area contributed by atoms with Crippen LogP contribution in [-0.2, 0) is 0 Å². The maximum Gasteiger partial charge on any atom is 0.0455 e. The first kappa shape index (κ1) is 8.84. The van der Waals surface area contributed by atoms with Crippen LogP contribution in [-0.4, -0.2) is 32.8 Å². The standard InChI is InChI=1S/C3H8N2.C2H8N2/c1-2-5-3-4-1;3-1-2-4/h4-5H,1-3H2;1-4H2. The molecule has 1 fully saturated rings. The monoisotopic (exact) mass is 132 g/mol. The molecule has 56 valence electrons. The van der Waals surface area contributed by atoms with Gasteiger partial charge >= 0.3 is 0 Å². The van der Waals surface area contributed by atoms with Crippen LogP contribution in [0.5, 0.6) is 0 Å². The highest BCUT2D eigenvalue weighted by Crippen LogP contribution is 1.62. The Bertz CT molecular complexity index is 34.6. The summed E-state index contributed by atoms with van der Waals surface area (Å²) in [5, 5.41) is 6.22. The maximum absolute atomic E-state index is 4.90. The molecule has 0 bridgehead atoms. The molecule has 1 aliphatic rings. The third kappa shape index (κ3) is 7.84. The molecule has 0 saturated carbocycles. The van der Waals surface area contributed by atoms with Crippen LogP contribution in [0.25, 0.3) is 0 Å². The molecule has 1 saturated heterocycles. The van der Waals surface area contributed by atoms with E-state index in [4.69, 9.17) is 11.5 Å². The van der Waals surface area contributed by atoms with Gasteiger partial charge in [-0.05, 0) is 0 Å². The average molecular weight is 132 g/mol. The van der Waals surface area contributed by atoms with Crippen LogP contribution in [0.1, 0.15) is 0 Å². The molecule has 0 unspecified atom stereocenters. The first-order chi connectivity index (χ1) is 4.41. The van der Waals surface area contributed by atoms with E-state index in [1.807, 2.05) is 0 Å². The van der Waals surface area contributed by atoms with Crippen LogP contribution in [0.4, 0.5) is 0 Å². The van der Waals surface area contributed by atoms with E-state index in [0.29, 0.717) is 13.1 Å². The maximum atomic E-state index is 4.90. The van der Waals surface area contributed by atoms with Gasteiger partial charge in [-0.3, -0.25) is 0 Å². The fourth-order valence-electron chi connectivity index (χ4n) is 0.442. The fourth-order valence-corrected chi connectivity index (χ4v) is 0.442. The molecular weight excluding hydrogens is 116 g/mol. The molecule has 6 N–H and O–H groups in total. The molecule has 0 aromatic heterocycles. The van der Waals surface area contributed by atoms with Crippen LogP contribution < -0.4 is 22.1 Å². The summed E-state index contributed by atoms with van der Waals surface area (Å²) in [4.78, 5) is 0. The summed E-state index contributed by atoms with van der Waals surface area (Å²) in [5.74, 6) is 0. The van der Waals surface area contributed by atoms with Gasteiger partial charge in [0.25, 0.3) is 0 Å². The number of hydrogen-bond donors (Lipinski definition) is 4. The van der Waals surface area contributed by atoms with E-state index in [1.165, 1.54) is 0 Å². The van der Waals surface area contributed by atoms with E-state index in [9.17, 15) is 0 Å². The van der Waals surface area contributed by atoms with Gasteiger partial charge in [0.05, 0.1) is 0 Å². The minimum Gasteiger partial charge on any atom is -0.329 e. The van der Waals surface area contributed by atoms with Crippen LogP contribution in [0.2, 0.25) is 0 Å². The highest BCUT2D eigenvalue weighted by molar-refractivity contribution is 4.55. The molecular formula is C5H16N4. The lowest BCUT2D eigenvalue weighted by molar-refractivity contribution is 0.807. The fraction of sp³-hybridized carbons (Fsp3) is 1.00. The summed E-state index contributed by atoms with van der Waals surface area (Å²) < 4.78 is 0. The Morgan fingerprint density at radius 2 is 1.44 bits per heavy atom. The van der Waals surface area contributed by atoms with Gasteiger partial charge in [-0.2, -0.15) is 0 Å². The van der Waals surface area contributed by atoms with Gasteiger partial charge in [-0.1, -0.05) is 0 Å². The summed E-state index contributed by atoms with van der Waals surface area (Å²) >= 11 is 0. The van der Waals surface area contributed by atoms with Gasteiger partial charge in [0, 0.05) is 32.8 Å². The molecule has 1 aliphatic heterocycles. The summed E-state index contributed by atoms with van der Waals surface area (Å²) in [6.07, 6.45) is 0. The predicted molar refractivity (Wildman–Crippen MR) is 39.0 cm³/mol. The Labute approximate surface area is 56.0 Å². The number of nitrogens with one attached hydrogen (secondary N) is 2. The number of nitrogens with two attached hydrogens (primary N) is 2. The zero-order chi connectivity index (χ0) is 6.95. The van der Waals surface area contributed by atoms with Crippen molar-refractivity contribution in [3.05, 3.63) is 0 Å². The van der Waals surface area contributed by atoms with E-state index in [-0.39, 0.29) is 0 Å². The molecule has 4 heteroatoms. The Kier molecular flexibility index (Phi) is 7.70. The molecule has 0 atom stereocenters. The van der Waals surface area contributed by atoms with Crippen molar-refractivity contribution in [3.8, 4) is 0 Å². The van der Waals surface area contributed by atoms with Crippen LogP contribution in [0.3, 0.4) is 0 Å². The van der Waals surface area contributed by atoms with E-state index >= 15 is 0 Å². The molecule has 1 rings (SSSR count). The summed E-state index contributed by atoms with van der Waals surface area (Å²) in [7, 11) is 0. The number of rotatable bonds is 1. The summed E-state index contributed by atoms with van der Waals surface area (Å²) in [6.45, 7) is 4.47. The third-order valence-corrected chi connectivity index (χ3v) is 0.895. The smallest absolute Gasteiger partial charge is 0.0455 e. The second-order valence-corrected chi connectivity index (χ2v) is 1.75. The molecule has 0 aliphatic carbocycles. The topological polar surface area (TPSA) is 76.1 Å². The minimum atomic E-state index is 0.597. The summed E-state index contributed by atoms with van der Waals surface area (Å²) in [5.41, 5.74) is 9.81. The van der Waals surface area contributed by atoms with E-state index in [1.54, 1.807) is 0 Å². The first-order valence-corrected chi connectivity index (χ1v) is 3.23. The molecule has 0 aromatic rings. The van der Waals surface area contributed by atoms with Crippen molar-refractivity contribution in [1.82, 2.24) is 10.6 Å². The van der Waals surface area contributed by atoms with E-state index < -0.39 is 0 Å². The van der Waals surface area contributed by atoms with Gasteiger partial charge in [-0.25, -0.2) is 0 Å². The third-order valence-electron chi connectivity index (χ3n) is 0.895. The van der Waals surface area contributed by atoms with Gasteiger partial charge in [0.1, 0.15) is 0 Å². The van der Waals surface area contributed by atoms with Gasteiger partial charge in [0.2, 0.25) is 0 Å². The van der Waals surface area contributed by atoms with Crippen molar-refractivity contribution >= 4 is 0 Å². The Balaban J connectivity index is 0.000000148. The number of hydrogen-bond acceptors (Lipinski definition) is 4. The van der Waals surface area contributed by atoms with Crippen molar-refractivity contribution in [3.63, 3.8) is 0 Å². The molecule has 0 radical (unpaired) electrons. The average Bonchev–Trinajstić information content (AvgIpc) is 2.43. The minimum absolute atomic E-state index is 0.597. The zero-order valence-electron chi connectivity index (χ0n) is 5.69. The van der Waals surface area contributed by atoms with Crippen molar-refractivity contribution in [2.24, 2.45) is 11.5 Å². The molecule has 0 aromatic carbocycles. The lowest BCUT2D eigenvalue weighted by Crippen LogP contribution is -2.11. The molecule has 4 nitrogen and oxygen atoms in total. The SMILES string of the molecule is C1CNCN1.NCCN. The van der Waals surface area contributed by atoms with Crippen molar-refractivity contribution < 1.29 is 0 Å². The largest absolute Gasteiger partial charge is 0.329 e. The van der Waals surface area contributed by atoms with Gasteiger partial charge in [0.15, 0.2) is 0 Å². The summed E-state index contributed by atoms with van der Waals surface area (Å²) in [6, 6.07) is 0. The second-order valence-electron chi connectivity index (χ2n) is 1.75. The van der Waals surface area contributed by atoms with Crippen LogP contribution in [0.15, 0.2) is 0 Å².